The normalized spacial score (nSPS) is 18.3. The Morgan fingerprint density at radius 3 is 2.84 bits per heavy atom. The van der Waals surface area contributed by atoms with Crippen LogP contribution in [0.2, 0.25) is 5.02 Å². The Balaban J connectivity index is 1.57. The largest absolute Gasteiger partial charge is 0.348 e. The van der Waals surface area contributed by atoms with Crippen molar-refractivity contribution in [2.45, 2.75) is 26.7 Å². The maximum atomic E-state index is 12.3. The number of hydrogen-bond donors (Lipinski definition) is 1. The number of aromatic nitrogens is 3. The van der Waals surface area contributed by atoms with Gasteiger partial charge in [0.1, 0.15) is 5.82 Å². The highest BCUT2D eigenvalue weighted by atomic mass is 35.5. The number of nitrogens with one attached hydrogen (secondary N) is 1. The van der Waals surface area contributed by atoms with Crippen molar-refractivity contribution in [2.75, 3.05) is 26.2 Å². The number of aryl methyl sites for hydroxylation is 1. The molecule has 1 unspecified atom stereocenters. The Hall–Kier alpha value is -1.92. The number of piperidine rings is 1. The zero-order valence-corrected chi connectivity index (χ0v) is 15.5. The van der Waals surface area contributed by atoms with Crippen LogP contribution in [-0.2, 0) is 0 Å². The van der Waals surface area contributed by atoms with E-state index in [1.165, 1.54) is 12.8 Å². The van der Waals surface area contributed by atoms with E-state index >= 15 is 0 Å². The van der Waals surface area contributed by atoms with Crippen molar-refractivity contribution in [3.8, 4) is 5.69 Å². The summed E-state index contributed by atoms with van der Waals surface area (Å²) >= 11 is 5.91. The van der Waals surface area contributed by atoms with Crippen LogP contribution in [0.1, 0.15) is 36.2 Å². The van der Waals surface area contributed by atoms with Crippen molar-refractivity contribution in [1.29, 1.82) is 0 Å². The Bertz CT molecular complexity index is 728. The molecule has 0 spiro atoms. The predicted molar refractivity (Wildman–Crippen MR) is 98.3 cm³/mol. The van der Waals surface area contributed by atoms with Crippen LogP contribution >= 0.6 is 11.6 Å². The number of amides is 1. The molecule has 1 aliphatic heterocycles. The molecule has 0 radical (unpaired) electrons. The second-order valence-electron chi connectivity index (χ2n) is 6.67. The molecule has 1 N–H and O–H groups in total. The molecule has 1 atom stereocenters. The zero-order valence-electron chi connectivity index (χ0n) is 14.7. The minimum absolute atomic E-state index is 0.194. The molecule has 25 heavy (non-hydrogen) atoms. The smallest absolute Gasteiger partial charge is 0.291 e. The monoisotopic (exact) mass is 361 g/mol. The third-order valence-corrected chi connectivity index (χ3v) is 4.75. The molecule has 2 aromatic rings. The number of benzene rings is 1. The summed E-state index contributed by atoms with van der Waals surface area (Å²) in [6.45, 7) is 7.81. The van der Waals surface area contributed by atoms with Crippen LogP contribution in [0, 0.1) is 12.8 Å². The molecule has 1 saturated heterocycles. The molecule has 0 bridgehead atoms. The van der Waals surface area contributed by atoms with E-state index in [4.69, 9.17) is 11.6 Å². The molecule has 1 fully saturated rings. The van der Waals surface area contributed by atoms with E-state index in [2.05, 4.69) is 27.2 Å². The molecule has 134 valence electrons. The fourth-order valence-electron chi connectivity index (χ4n) is 3.21. The first kappa shape index (κ1) is 17.9. The number of hydrogen-bond acceptors (Lipinski definition) is 4. The second-order valence-corrected chi connectivity index (χ2v) is 7.11. The van der Waals surface area contributed by atoms with Gasteiger partial charge in [0.25, 0.3) is 5.91 Å². The number of likely N-dealkylation sites (tertiary alicyclic amines) is 1. The highest BCUT2D eigenvalue weighted by Gasteiger charge is 2.18. The van der Waals surface area contributed by atoms with Crippen LogP contribution in [-0.4, -0.2) is 51.8 Å². The topological polar surface area (TPSA) is 63.1 Å². The third kappa shape index (κ3) is 4.58. The van der Waals surface area contributed by atoms with Gasteiger partial charge >= 0.3 is 0 Å². The molecule has 1 aromatic carbocycles. The number of nitrogens with zero attached hydrogens (tertiary/aromatic N) is 4. The van der Waals surface area contributed by atoms with Gasteiger partial charge in [0.15, 0.2) is 0 Å². The molecule has 6 nitrogen and oxygen atoms in total. The molecule has 0 aliphatic carbocycles. The molecule has 1 aliphatic rings. The summed E-state index contributed by atoms with van der Waals surface area (Å²) in [5.41, 5.74) is 0.829. The first-order chi connectivity index (χ1) is 12.0. The quantitative estimate of drug-likeness (QED) is 0.889. The van der Waals surface area contributed by atoms with Crippen molar-refractivity contribution in [3.05, 3.63) is 40.9 Å². The average Bonchev–Trinajstić information content (AvgIpc) is 2.97. The van der Waals surface area contributed by atoms with Crippen LogP contribution in [0.15, 0.2) is 24.3 Å². The molecule has 2 heterocycles. The van der Waals surface area contributed by atoms with Crippen LogP contribution < -0.4 is 5.32 Å². The maximum Gasteiger partial charge on any atom is 0.291 e. The van der Waals surface area contributed by atoms with Crippen molar-refractivity contribution >= 4 is 17.5 Å². The standard InChI is InChI=1S/C18H24ClN5O/c1-13-4-3-10-23(12-13)11-9-20-18(25)17-21-14(2)24(22-17)16-7-5-15(19)6-8-16/h5-8,13H,3-4,9-12H2,1-2H3,(H,20,25). The molecule has 1 aromatic heterocycles. The molecular formula is C18H24ClN5O. The van der Waals surface area contributed by atoms with Gasteiger partial charge in [-0.3, -0.25) is 4.79 Å². The van der Waals surface area contributed by atoms with Gasteiger partial charge in [0.2, 0.25) is 5.82 Å². The molecular weight excluding hydrogens is 338 g/mol. The van der Waals surface area contributed by atoms with Gasteiger partial charge in [0, 0.05) is 24.7 Å². The fraction of sp³-hybridized carbons (Fsp3) is 0.500. The van der Waals surface area contributed by atoms with E-state index in [1.807, 2.05) is 19.1 Å². The molecule has 3 rings (SSSR count). The van der Waals surface area contributed by atoms with Crippen molar-refractivity contribution < 1.29 is 4.79 Å². The Morgan fingerprint density at radius 1 is 1.36 bits per heavy atom. The van der Waals surface area contributed by atoms with Crippen LogP contribution in [0.25, 0.3) is 5.69 Å². The summed E-state index contributed by atoms with van der Waals surface area (Å²) < 4.78 is 1.65. The lowest BCUT2D eigenvalue weighted by Gasteiger charge is -2.30. The van der Waals surface area contributed by atoms with Gasteiger partial charge in [-0.1, -0.05) is 18.5 Å². The lowest BCUT2D eigenvalue weighted by atomic mass is 10.0. The molecule has 1 amide bonds. The van der Waals surface area contributed by atoms with Gasteiger partial charge in [-0.15, -0.1) is 5.10 Å². The van der Waals surface area contributed by atoms with E-state index in [9.17, 15) is 4.79 Å². The van der Waals surface area contributed by atoms with Gasteiger partial charge in [0.05, 0.1) is 5.69 Å². The van der Waals surface area contributed by atoms with Gasteiger partial charge < -0.3 is 10.2 Å². The SMILES string of the molecule is Cc1nc(C(=O)NCCN2CCCC(C)C2)nn1-c1ccc(Cl)cc1. The Morgan fingerprint density at radius 2 is 2.12 bits per heavy atom. The fourth-order valence-corrected chi connectivity index (χ4v) is 3.34. The summed E-state index contributed by atoms with van der Waals surface area (Å²) in [6, 6.07) is 7.28. The highest BCUT2D eigenvalue weighted by molar-refractivity contribution is 6.30. The second kappa shape index (κ2) is 7.97. The van der Waals surface area contributed by atoms with E-state index in [1.54, 1.807) is 16.8 Å². The van der Waals surface area contributed by atoms with Crippen LogP contribution in [0.4, 0.5) is 0 Å². The minimum atomic E-state index is -0.235. The third-order valence-electron chi connectivity index (χ3n) is 4.50. The Kier molecular flexibility index (Phi) is 5.71. The van der Waals surface area contributed by atoms with E-state index < -0.39 is 0 Å². The van der Waals surface area contributed by atoms with E-state index in [-0.39, 0.29) is 11.7 Å². The number of rotatable bonds is 5. The molecule has 0 saturated carbocycles. The van der Waals surface area contributed by atoms with Gasteiger partial charge in [-0.25, -0.2) is 9.67 Å². The first-order valence-electron chi connectivity index (χ1n) is 8.73. The van der Waals surface area contributed by atoms with Crippen molar-refractivity contribution in [2.24, 2.45) is 5.92 Å². The van der Waals surface area contributed by atoms with E-state index in [0.29, 0.717) is 17.4 Å². The predicted octanol–water partition coefficient (Wildman–Crippen LogP) is 2.69. The van der Waals surface area contributed by atoms with Crippen molar-refractivity contribution in [1.82, 2.24) is 25.0 Å². The Labute approximate surface area is 153 Å². The number of halogens is 1. The highest BCUT2D eigenvalue weighted by Crippen LogP contribution is 2.15. The molecule has 7 heteroatoms. The van der Waals surface area contributed by atoms with Crippen molar-refractivity contribution in [3.63, 3.8) is 0 Å². The summed E-state index contributed by atoms with van der Waals surface area (Å²) in [5.74, 6) is 1.36. The lowest BCUT2D eigenvalue weighted by molar-refractivity contribution is 0.0933. The first-order valence-corrected chi connectivity index (χ1v) is 9.11. The van der Waals surface area contributed by atoms with Crippen LogP contribution in [0.5, 0.6) is 0 Å². The van der Waals surface area contributed by atoms with E-state index in [0.717, 1.165) is 31.2 Å². The maximum absolute atomic E-state index is 12.3. The lowest BCUT2D eigenvalue weighted by Crippen LogP contribution is -2.40. The summed E-state index contributed by atoms with van der Waals surface area (Å²) in [4.78, 5) is 19.0. The average molecular weight is 362 g/mol. The number of carbonyl (C=O) groups is 1. The van der Waals surface area contributed by atoms with Gasteiger partial charge in [-0.05, 0) is 56.5 Å². The summed E-state index contributed by atoms with van der Waals surface area (Å²) in [5, 5.41) is 7.90. The summed E-state index contributed by atoms with van der Waals surface area (Å²) in [6.07, 6.45) is 2.54. The summed E-state index contributed by atoms with van der Waals surface area (Å²) in [7, 11) is 0. The zero-order chi connectivity index (χ0) is 17.8. The van der Waals surface area contributed by atoms with Gasteiger partial charge in [-0.2, -0.15) is 0 Å². The minimum Gasteiger partial charge on any atom is -0.348 e. The van der Waals surface area contributed by atoms with Crippen LogP contribution in [0.3, 0.4) is 0 Å². The number of carbonyl (C=O) groups excluding carboxylic acids is 1.